The third kappa shape index (κ3) is 3.94. The number of aromatic nitrogens is 1. The molecule has 29 heavy (non-hydrogen) atoms. The molecule has 2 heterocycles. The van der Waals surface area contributed by atoms with Gasteiger partial charge in [-0.1, -0.05) is 24.3 Å². The van der Waals surface area contributed by atoms with Crippen LogP contribution in [0, 0.1) is 0 Å². The van der Waals surface area contributed by atoms with Crippen molar-refractivity contribution in [1.82, 2.24) is 4.98 Å². The fourth-order valence-corrected chi connectivity index (χ4v) is 3.69. The van der Waals surface area contributed by atoms with Crippen LogP contribution in [0.3, 0.4) is 0 Å². The highest BCUT2D eigenvalue weighted by Gasteiger charge is 2.31. The van der Waals surface area contributed by atoms with Crippen molar-refractivity contribution in [2.45, 2.75) is 32.9 Å². The summed E-state index contributed by atoms with van der Waals surface area (Å²) in [6, 6.07) is 17.4. The quantitative estimate of drug-likeness (QED) is 0.617. The first kappa shape index (κ1) is 19.0. The topological polar surface area (TPSA) is 51.7 Å². The second-order valence-electron chi connectivity index (χ2n) is 7.10. The SMILES string of the molecule is CCOc1cc(C(=O)N2c3ccccc3CC2C)ccc1OCc1cccnc1. The molecule has 0 bridgehead atoms. The molecule has 2 aromatic carbocycles. The number of amides is 1. The Morgan fingerprint density at radius 3 is 2.76 bits per heavy atom. The Labute approximate surface area is 170 Å². The molecular weight excluding hydrogens is 364 g/mol. The van der Waals surface area contributed by atoms with Crippen molar-refractivity contribution in [3.63, 3.8) is 0 Å². The minimum absolute atomic E-state index is 0.0257. The lowest BCUT2D eigenvalue weighted by Gasteiger charge is -2.23. The van der Waals surface area contributed by atoms with Crippen molar-refractivity contribution in [2.75, 3.05) is 11.5 Å². The van der Waals surface area contributed by atoms with Crippen molar-refractivity contribution < 1.29 is 14.3 Å². The molecule has 3 aromatic rings. The van der Waals surface area contributed by atoms with Crippen molar-refractivity contribution in [1.29, 1.82) is 0 Å². The maximum absolute atomic E-state index is 13.3. The molecule has 148 valence electrons. The van der Waals surface area contributed by atoms with E-state index < -0.39 is 0 Å². The van der Waals surface area contributed by atoms with Crippen LogP contribution in [0.2, 0.25) is 0 Å². The first-order chi connectivity index (χ1) is 14.2. The van der Waals surface area contributed by atoms with E-state index in [0.29, 0.717) is 30.3 Å². The fourth-order valence-electron chi connectivity index (χ4n) is 3.69. The summed E-state index contributed by atoms with van der Waals surface area (Å²) in [4.78, 5) is 19.3. The van der Waals surface area contributed by atoms with Gasteiger partial charge >= 0.3 is 0 Å². The van der Waals surface area contributed by atoms with Crippen LogP contribution in [0.15, 0.2) is 67.0 Å². The van der Waals surface area contributed by atoms with Crippen LogP contribution in [0.5, 0.6) is 11.5 Å². The second kappa shape index (κ2) is 8.35. The third-order valence-electron chi connectivity index (χ3n) is 5.03. The minimum Gasteiger partial charge on any atom is -0.490 e. The summed E-state index contributed by atoms with van der Waals surface area (Å²) in [6.45, 7) is 4.87. The van der Waals surface area contributed by atoms with Crippen molar-refractivity contribution in [3.05, 3.63) is 83.7 Å². The molecule has 5 heteroatoms. The molecule has 0 radical (unpaired) electrons. The van der Waals surface area contributed by atoms with Gasteiger partial charge in [-0.15, -0.1) is 0 Å². The fraction of sp³-hybridized carbons (Fsp3) is 0.250. The standard InChI is InChI=1S/C24H24N2O3/c1-3-28-23-14-20(10-11-22(23)29-16-18-7-6-12-25-15-18)24(27)26-17(2)13-19-8-4-5-9-21(19)26/h4-12,14-15,17H,3,13,16H2,1-2H3. The molecule has 0 saturated heterocycles. The third-order valence-corrected chi connectivity index (χ3v) is 5.03. The van der Waals surface area contributed by atoms with Crippen LogP contribution in [0.25, 0.3) is 0 Å². The number of ether oxygens (including phenoxy) is 2. The molecule has 5 nitrogen and oxygen atoms in total. The van der Waals surface area contributed by atoms with Gasteiger partial charge in [0.25, 0.3) is 5.91 Å². The van der Waals surface area contributed by atoms with E-state index in [2.05, 4.69) is 18.0 Å². The normalized spacial score (nSPS) is 15.1. The van der Waals surface area contributed by atoms with Crippen molar-refractivity contribution in [3.8, 4) is 11.5 Å². The number of carbonyl (C=O) groups is 1. The van der Waals surface area contributed by atoms with Gasteiger partial charge in [-0.2, -0.15) is 0 Å². The lowest BCUT2D eigenvalue weighted by Crippen LogP contribution is -2.35. The van der Waals surface area contributed by atoms with Crippen molar-refractivity contribution in [2.24, 2.45) is 0 Å². The Kier molecular flexibility index (Phi) is 5.47. The Hall–Kier alpha value is -3.34. The van der Waals surface area contributed by atoms with Gasteiger partial charge in [-0.05, 0) is 56.2 Å². The summed E-state index contributed by atoms with van der Waals surface area (Å²) in [5, 5.41) is 0. The van der Waals surface area contributed by atoms with Gasteiger partial charge in [0.2, 0.25) is 0 Å². The highest BCUT2D eigenvalue weighted by Crippen LogP contribution is 2.35. The van der Waals surface area contributed by atoms with Crippen molar-refractivity contribution >= 4 is 11.6 Å². The molecule has 0 saturated carbocycles. The summed E-state index contributed by atoms with van der Waals surface area (Å²) in [5.74, 6) is 1.16. The number of rotatable bonds is 6. The Bertz CT molecular complexity index is 1000. The lowest BCUT2D eigenvalue weighted by molar-refractivity contribution is 0.0981. The number of para-hydroxylation sites is 1. The largest absolute Gasteiger partial charge is 0.490 e. The minimum atomic E-state index is -0.0257. The zero-order valence-electron chi connectivity index (χ0n) is 16.7. The van der Waals surface area contributed by atoms with Gasteiger partial charge in [0.1, 0.15) is 6.61 Å². The number of nitrogens with zero attached hydrogens (tertiary/aromatic N) is 2. The van der Waals surface area contributed by atoms with Gasteiger partial charge in [0.15, 0.2) is 11.5 Å². The summed E-state index contributed by atoms with van der Waals surface area (Å²) in [5.41, 5.74) is 3.75. The number of fused-ring (bicyclic) bond motifs is 1. The van der Waals surface area contributed by atoms with Crippen LogP contribution in [0.1, 0.15) is 35.3 Å². The van der Waals surface area contributed by atoms with E-state index in [9.17, 15) is 4.79 Å². The molecule has 1 aliphatic heterocycles. The number of hydrogen-bond acceptors (Lipinski definition) is 4. The number of hydrogen-bond donors (Lipinski definition) is 0. The Morgan fingerprint density at radius 1 is 1.10 bits per heavy atom. The zero-order valence-corrected chi connectivity index (χ0v) is 16.7. The van der Waals surface area contributed by atoms with Gasteiger partial charge in [-0.3, -0.25) is 9.78 Å². The van der Waals surface area contributed by atoms with E-state index in [1.54, 1.807) is 30.6 Å². The molecule has 1 unspecified atom stereocenters. The number of anilines is 1. The van der Waals surface area contributed by atoms with E-state index >= 15 is 0 Å². The molecule has 1 atom stereocenters. The average Bonchev–Trinajstić information content (AvgIpc) is 3.09. The molecule has 0 spiro atoms. The summed E-state index contributed by atoms with van der Waals surface area (Å²) >= 11 is 0. The van der Waals surface area contributed by atoms with Crippen LogP contribution >= 0.6 is 0 Å². The molecule has 1 aromatic heterocycles. The first-order valence-electron chi connectivity index (χ1n) is 9.87. The van der Waals surface area contributed by atoms with Crippen LogP contribution < -0.4 is 14.4 Å². The summed E-state index contributed by atoms with van der Waals surface area (Å²) in [7, 11) is 0. The summed E-state index contributed by atoms with van der Waals surface area (Å²) in [6.07, 6.45) is 4.37. The molecule has 0 fully saturated rings. The highest BCUT2D eigenvalue weighted by atomic mass is 16.5. The maximum atomic E-state index is 13.3. The van der Waals surface area contributed by atoms with E-state index in [1.807, 2.05) is 42.2 Å². The molecule has 0 N–H and O–H groups in total. The smallest absolute Gasteiger partial charge is 0.258 e. The number of carbonyl (C=O) groups excluding carboxylic acids is 1. The lowest BCUT2D eigenvalue weighted by atomic mass is 10.1. The van der Waals surface area contributed by atoms with Gasteiger partial charge < -0.3 is 14.4 Å². The van der Waals surface area contributed by atoms with Crippen LogP contribution in [-0.4, -0.2) is 23.5 Å². The summed E-state index contributed by atoms with van der Waals surface area (Å²) < 4.78 is 11.7. The molecule has 0 aliphatic carbocycles. The monoisotopic (exact) mass is 388 g/mol. The van der Waals surface area contributed by atoms with Gasteiger partial charge in [0.05, 0.1) is 6.61 Å². The predicted octanol–water partition coefficient (Wildman–Crippen LogP) is 4.65. The second-order valence-corrected chi connectivity index (χ2v) is 7.10. The van der Waals surface area contributed by atoms with Crippen LogP contribution in [0.4, 0.5) is 5.69 Å². The van der Waals surface area contributed by atoms with Gasteiger partial charge in [-0.25, -0.2) is 0 Å². The average molecular weight is 388 g/mol. The number of pyridine rings is 1. The van der Waals surface area contributed by atoms with E-state index in [0.717, 1.165) is 17.7 Å². The molecular formula is C24H24N2O3. The van der Waals surface area contributed by atoms with E-state index in [4.69, 9.17) is 9.47 Å². The molecule has 1 amide bonds. The Morgan fingerprint density at radius 2 is 1.97 bits per heavy atom. The number of benzene rings is 2. The first-order valence-corrected chi connectivity index (χ1v) is 9.87. The van der Waals surface area contributed by atoms with E-state index in [-0.39, 0.29) is 11.9 Å². The molecule has 4 rings (SSSR count). The van der Waals surface area contributed by atoms with Gasteiger partial charge in [0, 0.05) is 35.2 Å². The maximum Gasteiger partial charge on any atom is 0.258 e. The zero-order chi connectivity index (χ0) is 20.2. The Balaban J connectivity index is 1.58. The highest BCUT2D eigenvalue weighted by molar-refractivity contribution is 6.08. The van der Waals surface area contributed by atoms with E-state index in [1.165, 1.54) is 5.56 Å². The van der Waals surface area contributed by atoms with Crippen LogP contribution in [-0.2, 0) is 13.0 Å². The predicted molar refractivity (Wildman–Crippen MR) is 113 cm³/mol. The molecule has 1 aliphatic rings.